The highest BCUT2D eigenvalue weighted by Crippen LogP contribution is 2.13. The molecule has 0 spiro atoms. The van der Waals surface area contributed by atoms with Crippen LogP contribution in [0.25, 0.3) is 0 Å². The molecule has 116 valence electrons. The van der Waals surface area contributed by atoms with Gasteiger partial charge >= 0.3 is 6.09 Å². The summed E-state index contributed by atoms with van der Waals surface area (Å²) >= 11 is 0. The molecule has 1 amide bonds. The number of carbonyl (C=O) groups is 1. The first kappa shape index (κ1) is 17.3. The first-order valence-electron chi connectivity index (χ1n) is 7.55. The zero-order valence-corrected chi connectivity index (χ0v) is 13.6. The molecule has 0 saturated heterocycles. The van der Waals surface area contributed by atoms with Gasteiger partial charge in [-0.15, -0.1) is 0 Å². The molecule has 1 aromatic carbocycles. The van der Waals surface area contributed by atoms with Crippen molar-refractivity contribution in [3.63, 3.8) is 0 Å². The molecule has 21 heavy (non-hydrogen) atoms. The maximum atomic E-state index is 12.3. The molecule has 3 nitrogen and oxygen atoms in total. The van der Waals surface area contributed by atoms with Gasteiger partial charge in [-0.1, -0.05) is 42.5 Å². The number of allylic oxidation sites excluding steroid dienone is 2. The zero-order valence-electron chi connectivity index (χ0n) is 13.6. The Labute approximate surface area is 128 Å². The molecular weight excluding hydrogens is 262 g/mol. The van der Waals surface area contributed by atoms with Gasteiger partial charge in [-0.2, -0.15) is 0 Å². The van der Waals surface area contributed by atoms with Gasteiger partial charge in [-0.3, -0.25) is 0 Å². The number of unbranched alkanes of at least 4 members (excludes halogenated alkanes) is 1. The van der Waals surface area contributed by atoms with E-state index in [1.54, 1.807) is 4.90 Å². The molecule has 0 saturated carbocycles. The minimum absolute atomic E-state index is 0.244. The predicted octanol–water partition coefficient (Wildman–Crippen LogP) is 4.78. The van der Waals surface area contributed by atoms with Crippen molar-refractivity contribution in [3.8, 4) is 0 Å². The van der Waals surface area contributed by atoms with Gasteiger partial charge in [-0.05, 0) is 46.1 Å². The van der Waals surface area contributed by atoms with Crippen LogP contribution in [0, 0.1) is 0 Å². The van der Waals surface area contributed by atoms with Gasteiger partial charge in [0.2, 0.25) is 0 Å². The lowest BCUT2D eigenvalue weighted by atomic mass is 10.2. The molecule has 0 unspecified atom stereocenters. The van der Waals surface area contributed by atoms with Crippen molar-refractivity contribution in [2.75, 3.05) is 6.54 Å². The summed E-state index contributed by atoms with van der Waals surface area (Å²) in [6, 6.07) is 10.0. The number of benzene rings is 1. The van der Waals surface area contributed by atoms with Crippen molar-refractivity contribution in [1.82, 2.24) is 4.90 Å². The fraction of sp³-hybridized carbons (Fsp3) is 0.500. The number of carbonyl (C=O) groups excluding carboxylic acids is 1. The fourth-order valence-corrected chi connectivity index (χ4v) is 1.93. The smallest absolute Gasteiger partial charge is 0.410 e. The Morgan fingerprint density at radius 3 is 2.48 bits per heavy atom. The Morgan fingerprint density at radius 1 is 1.24 bits per heavy atom. The molecule has 0 N–H and O–H groups in total. The van der Waals surface area contributed by atoms with E-state index in [2.05, 4.69) is 6.08 Å². The summed E-state index contributed by atoms with van der Waals surface area (Å²) < 4.78 is 5.50. The second-order valence-corrected chi connectivity index (χ2v) is 6.10. The van der Waals surface area contributed by atoms with Crippen molar-refractivity contribution < 1.29 is 9.53 Å². The number of hydrogen-bond acceptors (Lipinski definition) is 2. The average molecular weight is 289 g/mol. The van der Waals surface area contributed by atoms with Crippen LogP contribution in [0.1, 0.15) is 46.1 Å². The number of ether oxygens (including phenoxy) is 1. The van der Waals surface area contributed by atoms with Crippen molar-refractivity contribution >= 4 is 6.09 Å². The first-order chi connectivity index (χ1) is 9.92. The zero-order chi connectivity index (χ0) is 15.7. The lowest BCUT2D eigenvalue weighted by Gasteiger charge is -2.27. The van der Waals surface area contributed by atoms with E-state index in [1.807, 2.05) is 64.1 Å². The quantitative estimate of drug-likeness (QED) is 0.557. The lowest BCUT2D eigenvalue weighted by molar-refractivity contribution is 0.0232. The summed E-state index contributed by atoms with van der Waals surface area (Å²) in [4.78, 5) is 14.1. The van der Waals surface area contributed by atoms with Gasteiger partial charge < -0.3 is 9.64 Å². The molecule has 0 aliphatic rings. The van der Waals surface area contributed by atoms with E-state index in [0.29, 0.717) is 13.1 Å². The maximum Gasteiger partial charge on any atom is 0.410 e. The molecule has 0 atom stereocenters. The highest BCUT2D eigenvalue weighted by atomic mass is 16.6. The Morgan fingerprint density at radius 2 is 1.90 bits per heavy atom. The largest absolute Gasteiger partial charge is 0.444 e. The molecule has 0 aromatic heterocycles. The van der Waals surface area contributed by atoms with Crippen LogP contribution in [0.15, 0.2) is 42.5 Å². The van der Waals surface area contributed by atoms with E-state index in [1.165, 1.54) is 0 Å². The molecule has 0 radical (unpaired) electrons. The Bertz CT molecular complexity index is 446. The van der Waals surface area contributed by atoms with Crippen LogP contribution in [-0.4, -0.2) is 23.1 Å². The van der Waals surface area contributed by atoms with Crippen molar-refractivity contribution in [3.05, 3.63) is 48.0 Å². The van der Waals surface area contributed by atoms with Gasteiger partial charge in [0, 0.05) is 13.1 Å². The first-order valence-corrected chi connectivity index (χ1v) is 7.55. The minimum Gasteiger partial charge on any atom is -0.444 e. The van der Waals surface area contributed by atoms with Crippen LogP contribution in [0.4, 0.5) is 4.79 Å². The number of hydrogen-bond donors (Lipinski definition) is 0. The van der Waals surface area contributed by atoms with Gasteiger partial charge in [0.15, 0.2) is 0 Å². The molecule has 0 aliphatic heterocycles. The van der Waals surface area contributed by atoms with Crippen LogP contribution < -0.4 is 0 Å². The molecular formula is C18H27NO2. The van der Waals surface area contributed by atoms with Gasteiger partial charge in [0.05, 0.1) is 0 Å². The second kappa shape index (κ2) is 8.50. The highest BCUT2D eigenvalue weighted by Gasteiger charge is 2.21. The molecule has 0 heterocycles. The average Bonchev–Trinajstić information content (AvgIpc) is 2.41. The summed E-state index contributed by atoms with van der Waals surface area (Å²) in [5, 5.41) is 0. The summed E-state index contributed by atoms with van der Waals surface area (Å²) in [6.07, 6.45) is 5.83. The number of nitrogens with zero attached hydrogens (tertiary/aromatic N) is 1. The minimum atomic E-state index is -0.463. The number of rotatable bonds is 6. The summed E-state index contributed by atoms with van der Waals surface area (Å²) in [6.45, 7) is 8.98. The third kappa shape index (κ3) is 7.54. The Balaban J connectivity index is 2.67. The monoisotopic (exact) mass is 289 g/mol. The van der Waals surface area contributed by atoms with Gasteiger partial charge in [-0.25, -0.2) is 4.79 Å². The van der Waals surface area contributed by atoms with Gasteiger partial charge in [0.25, 0.3) is 0 Å². The van der Waals surface area contributed by atoms with Crippen LogP contribution in [0.2, 0.25) is 0 Å². The fourth-order valence-electron chi connectivity index (χ4n) is 1.93. The second-order valence-electron chi connectivity index (χ2n) is 6.10. The SMILES string of the molecule is C/C=C\CCCN(Cc1ccccc1)C(=O)OC(C)(C)C. The van der Waals surface area contributed by atoms with Crippen molar-refractivity contribution in [2.24, 2.45) is 0 Å². The van der Waals surface area contributed by atoms with E-state index >= 15 is 0 Å². The van der Waals surface area contributed by atoms with Crippen LogP contribution in [0.3, 0.4) is 0 Å². The molecule has 1 aromatic rings. The van der Waals surface area contributed by atoms with Crippen LogP contribution >= 0.6 is 0 Å². The summed E-state index contributed by atoms with van der Waals surface area (Å²) in [7, 11) is 0. The lowest BCUT2D eigenvalue weighted by Crippen LogP contribution is -2.37. The van der Waals surface area contributed by atoms with E-state index in [-0.39, 0.29) is 6.09 Å². The Hall–Kier alpha value is -1.77. The van der Waals surface area contributed by atoms with E-state index in [4.69, 9.17) is 4.74 Å². The third-order valence-electron chi connectivity index (χ3n) is 2.90. The van der Waals surface area contributed by atoms with E-state index in [0.717, 1.165) is 18.4 Å². The molecule has 1 rings (SSSR count). The van der Waals surface area contributed by atoms with Gasteiger partial charge in [0.1, 0.15) is 5.60 Å². The van der Waals surface area contributed by atoms with Crippen molar-refractivity contribution in [1.29, 1.82) is 0 Å². The molecule has 0 fully saturated rings. The highest BCUT2D eigenvalue weighted by molar-refractivity contribution is 5.68. The predicted molar refractivity (Wildman–Crippen MR) is 87.1 cm³/mol. The Kier molecular flexibility index (Phi) is 7.00. The maximum absolute atomic E-state index is 12.3. The topological polar surface area (TPSA) is 29.5 Å². The van der Waals surface area contributed by atoms with Crippen LogP contribution in [-0.2, 0) is 11.3 Å². The molecule has 3 heteroatoms. The third-order valence-corrected chi connectivity index (χ3v) is 2.90. The molecule has 0 bridgehead atoms. The van der Waals surface area contributed by atoms with Crippen molar-refractivity contribution in [2.45, 2.75) is 52.7 Å². The van der Waals surface area contributed by atoms with E-state index in [9.17, 15) is 4.79 Å². The molecule has 0 aliphatic carbocycles. The summed E-state index contributed by atoms with van der Waals surface area (Å²) in [5.74, 6) is 0. The number of amides is 1. The van der Waals surface area contributed by atoms with Crippen LogP contribution in [0.5, 0.6) is 0 Å². The normalized spacial score (nSPS) is 11.6. The van der Waals surface area contributed by atoms with E-state index < -0.39 is 5.60 Å². The summed E-state index contributed by atoms with van der Waals surface area (Å²) in [5.41, 5.74) is 0.657. The standard InChI is InChI=1S/C18H27NO2/c1-5-6-7-11-14-19(17(20)21-18(2,3)4)15-16-12-9-8-10-13-16/h5-6,8-10,12-13H,7,11,14-15H2,1-4H3/b6-5-.